The highest BCUT2D eigenvalue weighted by Gasteiger charge is 2.12. The summed E-state index contributed by atoms with van der Waals surface area (Å²) in [5, 5.41) is 5.46. The van der Waals surface area contributed by atoms with E-state index in [1.807, 2.05) is 7.05 Å². The van der Waals surface area contributed by atoms with Crippen LogP contribution in [0.3, 0.4) is 0 Å². The highest BCUT2D eigenvalue weighted by molar-refractivity contribution is 7.15. The van der Waals surface area contributed by atoms with Crippen LogP contribution in [-0.4, -0.2) is 16.4 Å². The lowest BCUT2D eigenvalue weighted by molar-refractivity contribution is 0.586. The standard InChI is InChI=1S/C16H19N3S/c1-3-12-4-6-13(7-5-12)15(17-2)10-14-11-19-8-9-20-16(19)18-14/h4-9,11,15,17H,3,10H2,1-2H3. The fourth-order valence-electron chi connectivity index (χ4n) is 2.46. The molecule has 3 rings (SSSR count). The number of likely N-dealkylation sites (N-methyl/N-ethyl adjacent to an activating group) is 1. The van der Waals surface area contributed by atoms with Crippen LogP contribution in [0.1, 0.15) is 29.8 Å². The number of imidazole rings is 1. The number of benzene rings is 1. The summed E-state index contributed by atoms with van der Waals surface area (Å²) < 4.78 is 2.09. The molecule has 0 aliphatic heterocycles. The van der Waals surface area contributed by atoms with Crippen LogP contribution in [0.15, 0.2) is 42.0 Å². The van der Waals surface area contributed by atoms with Crippen LogP contribution >= 0.6 is 11.3 Å². The van der Waals surface area contributed by atoms with Crippen molar-refractivity contribution in [1.82, 2.24) is 14.7 Å². The van der Waals surface area contributed by atoms with Crippen molar-refractivity contribution in [3.63, 3.8) is 0 Å². The fourth-order valence-corrected chi connectivity index (χ4v) is 3.17. The molecule has 1 atom stereocenters. The van der Waals surface area contributed by atoms with Gasteiger partial charge in [0, 0.05) is 30.2 Å². The molecule has 4 heteroatoms. The maximum absolute atomic E-state index is 4.66. The first-order valence-electron chi connectivity index (χ1n) is 6.97. The second-order valence-corrected chi connectivity index (χ2v) is 5.84. The smallest absolute Gasteiger partial charge is 0.193 e. The number of hydrogen-bond donors (Lipinski definition) is 1. The van der Waals surface area contributed by atoms with Gasteiger partial charge in [0.05, 0.1) is 5.69 Å². The van der Waals surface area contributed by atoms with Gasteiger partial charge in [-0.15, -0.1) is 11.3 Å². The van der Waals surface area contributed by atoms with Crippen molar-refractivity contribution >= 4 is 16.3 Å². The lowest BCUT2D eigenvalue weighted by Crippen LogP contribution is -2.19. The first kappa shape index (κ1) is 13.3. The predicted octanol–water partition coefficient (Wildman–Crippen LogP) is 3.46. The summed E-state index contributed by atoms with van der Waals surface area (Å²) in [5.41, 5.74) is 3.84. The lowest BCUT2D eigenvalue weighted by Gasteiger charge is -2.15. The minimum atomic E-state index is 0.311. The molecule has 20 heavy (non-hydrogen) atoms. The van der Waals surface area contributed by atoms with Crippen molar-refractivity contribution in [3.8, 4) is 0 Å². The molecule has 2 aromatic heterocycles. The summed E-state index contributed by atoms with van der Waals surface area (Å²) >= 11 is 1.68. The predicted molar refractivity (Wildman–Crippen MR) is 84.4 cm³/mol. The van der Waals surface area contributed by atoms with Crippen LogP contribution in [0, 0.1) is 0 Å². The van der Waals surface area contributed by atoms with Crippen LogP contribution in [0.4, 0.5) is 0 Å². The molecule has 1 aromatic carbocycles. The van der Waals surface area contributed by atoms with Crippen LogP contribution in [0.2, 0.25) is 0 Å². The Hall–Kier alpha value is -1.65. The van der Waals surface area contributed by atoms with Crippen molar-refractivity contribution in [2.75, 3.05) is 7.05 Å². The van der Waals surface area contributed by atoms with Crippen LogP contribution in [-0.2, 0) is 12.8 Å². The third-order valence-corrected chi connectivity index (χ3v) is 4.47. The second-order valence-electron chi connectivity index (χ2n) is 4.97. The lowest BCUT2D eigenvalue weighted by atomic mass is 10.0. The van der Waals surface area contributed by atoms with Crippen molar-refractivity contribution in [2.45, 2.75) is 25.8 Å². The molecule has 0 bridgehead atoms. The zero-order valence-electron chi connectivity index (χ0n) is 11.8. The Bertz CT molecular complexity index is 653. The van der Waals surface area contributed by atoms with Gasteiger partial charge >= 0.3 is 0 Å². The molecule has 104 valence electrons. The Morgan fingerprint density at radius 1 is 1.30 bits per heavy atom. The Balaban J connectivity index is 1.80. The number of rotatable bonds is 5. The Morgan fingerprint density at radius 2 is 2.10 bits per heavy atom. The molecule has 3 aromatic rings. The first-order valence-corrected chi connectivity index (χ1v) is 7.85. The summed E-state index contributed by atoms with van der Waals surface area (Å²) in [6.07, 6.45) is 6.18. The van der Waals surface area contributed by atoms with Crippen molar-refractivity contribution < 1.29 is 0 Å². The van der Waals surface area contributed by atoms with Gasteiger partial charge in [0.2, 0.25) is 0 Å². The minimum Gasteiger partial charge on any atom is -0.313 e. The molecule has 0 spiro atoms. The maximum Gasteiger partial charge on any atom is 0.193 e. The number of aryl methyl sites for hydroxylation is 1. The number of aromatic nitrogens is 2. The highest BCUT2D eigenvalue weighted by Crippen LogP contribution is 2.20. The Morgan fingerprint density at radius 3 is 2.75 bits per heavy atom. The largest absolute Gasteiger partial charge is 0.313 e. The molecule has 0 saturated heterocycles. The van der Waals surface area contributed by atoms with Crippen LogP contribution in [0.25, 0.3) is 4.96 Å². The van der Waals surface area contributed by atoms with Crippen molar-refractivity contribution in [2.24, 2.45) is 0 Å². The van der Waals surface area contributed by atoms with E-state index in [1.165, 1.54) is 11.1 Å². The van der Waals surface area contributed by atoms with Crippen molar-refractivity contribution in [1.29, 1.82) is 0 Å². The third kappa shape index (κ3) is 2.62. The Labute approximate surface area is 123 Å². The second kappa shape index (κ2) is 5.77. The summed E-state index contributed by atoms with van der Waals surface area (Å²) in [6, 6.07) is 9.18. The molecular formula is C16H19N3S. The summed E-state index contributed by atoms with van der Waals surface area (Å²) in [7, 11) is 2.01. The van der Waals surface area contributed by atoms with E-state index in [-0.39, 0.29) is 0 Å². The number of fused-ring (bicyclic) bond motifs is 1. The summed E-state index contributed by atoms with van der Waals surface area (Å²) in [5.74, 6) is 0. The molecule has 0 aliphatic carbocycles. The average Bonchev–Trinajstić information content (AvgIpc) is 3.06. The normalized spacial score (nSPS) is 12.9. The maximum atomic E-state index is 4.66. The first-order chi connectivity index (χ1) is 9.80. The van der Waals surface area contributed by atoms with E-state index in [0.717, 1.165) is 23.5 Å². The molecular weight excluding hydrogens is 266 g/mol. The molecule has 3 nitrogen and oxygen atoms in total. The zero-order chi connectivity index (χ0) is 13.9. The average molecular weight is 285 g/mol. The molecule has 0 fully saturated rings. The highest BCUT2D eigenvalue weighted by atomic mass is 32.1. The van der Waals surface area contributed by atoms with E-state index in [0.29, 0.717) is 6.04 Å². The fraction of sp³-hybridized carbons (Fsp3) is 0.312. The van der Waals surface area contributed by atoms with Gasteiger partial charge in [0.1, 0.15) is 0 Å². The van der Waals surface area contributed by atoms with Gasteiger partial charge in [-0.3, -0.25) is 4.40 Å². The SMILES string of the molecule is CCc1ccc(C(Cc2cn3ccsc3n2)NC)cc1. The summed E-state index contributed by atoms with van der Waals surface area (Å²) in [6.45, 7) is 2.18. The quantitative estimate of drug-likeness (QED) is 0.778. The van der Waals surface area contributed by atoms with Crippen molar-refractivity contribution in [3.05, 3.63) is 58.9 Å². The van der Waals surface area contributed by atoms with E-state index in [2.05, 4.69) is 63.7 Å². The zero-order valence-corrected chi connectivity index (χ0v) is 12.7. The molecule has 0 amide bonds. The van der Waals surface area contributed by atoms with E-state index in [9.17, 15) is 0 Å². The van der Waals surface area contributed by atoms with E-state index in [4.69, 9.17) is 0 Å². The number of nitrogens with zero attached hydrogens (tertiary/aromatic N) is 2. The van der Waals surface area contributed by atoms with Gasteiger partial charge < -0.3 is 5.32 Å². The van der Waals surface area contributed by atoms with Crippen LogP contribution in [0.5, 0.6) is 0 Å². The van der Waals surface area contributed by atoms with Crippen LogP contribution < -0.4 is 5.32 Å². The van der Waals surface area contributed by atoms with Gasteiger partial charge in [-0.2, -0.15) is 0 Å². The third-order valence-electron chi connectivity index (χ3n) is 3.70. The molecule has 0 aliphatic rings. The van der Waals surface area contributed by atoms with E-state index < -0.39 is 0 Å². The topological polar surface area (TPSA) is 29.3 Å². The number of hydrogen-bond acceptors (Lipinski definition) is 3. The van der Waals surface area contributed by atoms with Gasteiger partial charge in [-0.1, -0.05) is 31.2 Å². The molecule has 1 unspecified atom stereocenters. The monoisotopic (exact) mass is 285 g/mol. The van der Waals surface area contributed by atoms with E-state index in [1.54, 1.807) is 11.3 Å². The molecule has 0 saturated carbocycles. The van der Waals surface area contributed by atoms with Gasteiger partial charge in [0.15, 0.2) is 4.96 Å². The van der Waals surface area contributed by atoms with E-state index >= 15 is 0 Å². The summed E-state index contributed by atoms with van der Waals surface area (Å²) in [4.78, 5) is 5.73. The molecule has 2 heterocycles. The van der Waals surface area contributed by atoms with Gasteiger partial charge in [-0.25, -0.2) is 4.98 Å². The number of nitrogens with one attached hydrogen (secondary N) is 1. The van der Waals surface area contributed by atoms with Gasteiger partial charge in [-0.05, 0) is 24.6 Å². The molecule has 0 radical (unpaired) electrons. The Kier molecular flexibility index (Phi) is 3.85. The minimum absolute atomic E-state index is 0.311. The van der Waals surface area contributed by atoms with Gasteiger partial charge in [0.25, 0.3) is 0 Å². The number of thiazole rings is 1. The molecule has 1 N–H and O–H groups in total.